The first-order valence-corrected chi connectivity index (χ1v) is 10.2. The summed E-state index contributed by atoms with van der Waals surface area (Å²) in [6.07, 6.45) is 4.12. The number of aromatic nitrogens is 2. The van der Waals surface area contributed by atoms with Crippen molar-refractivity contribution in [3.05, 3.63) is 75.0 Å². The fraction of sp³-hybridized carbons (Fsp3) is 0.286. The molecule has 0 radical (unpaired) electrons. The van der Waals surface area contributed by atoms with E-state index in [1.54, 1.807) is 0 Å². The Morgan fingerprint density at radius 1 is 0.963 bits per heavy atom. The molecular weight excluding hydrogens is 401 g/mol. The Balaban J connectivity index is 1.42. The molecule has 1 N–H and O–H groups in total. The molecule has 2 aromatic carbocycles. The van der Waals surface area contributed by atoms with Gasteiger partial charge in [0.25, 0.3) is 0 Å². The molecule has 0 spiro atoms. The highest BCUT2D eigenvalue weighted by Gasteiger charge is 2.24. The van der Waals surface area contributed by atoms with Gasteiger partial charge in [-0.3, -0.25) is 10.00 Å². The molecular formula is C21H20Cl3N3. The van der Waals surface area contributed by atoms with Gasteiger partial charge in [0, 0.05) is 28.7 Å². The standard InChI is InChI=1S/C21H20Cl3N3/c22-17-4-2-15(3-5-17)18-12-25-26-21(18)16-7-9-27(10-8-16)13-14-1-6-19(23)20(24)11-14/h1-6,11-12,16H,7-10,13H2,(H,25,26). The molecule has 3 aromatic rings. The Morgan fingerprint density at radius 2 is 1.70 bits per heavy atom. The Hall–Kier alpha value is -1.52. The lowest BCUT2D eigenvalue weighted by Gasteiger charge is -2.32. The summed E-state index contributed by atoms with van der Waals surface area (Å²) in [7, 11) is 0. The number of aromatic amines is 1. The van der Waals surface area contributed by atoms with E-state index in [1.165, 1.54) is 16.8 Å². The van der Waals surface area contributed by atoms with Crippen molar-refractivity contribution in [1.82, 2.24) is 15.1 Å². The van der Waals surface area contributed by atoms with Crippen LogP contribution in [0.3, 0.4) is 0 Å². The Bertz CT molecular complexity index is 913. The minimum atomic E-state index is 0.489. The lowest BCUT2D eigenvalue weighted by molar-refractivity contribution is 0.203. The third-order valence-corrected chi connectivity index (χ3v) is 6.20. The average molecular weight is 421 g/mol. The maximum atomic E-state index is 6.14. The average Bonchev–Trinajstić information content (AvgIpc) is 3.16. The normalized spacial score (nSPS) is 16.0. The second-order valence-corrected chi connectivity index (χ2v) is 8.25. The minimum Gasteiger partial charge on any atom is -0.299 e. The molecule has 0 atom stereocenters. The number of piperidine rings is 1. The molecule has 1 saturated heterocycles. The molecule has 1 fully saturated rings. The summed E-state index contributed by atoms with van der Waals surface area (Å²) in [5, 5.41) is 9.51. The van der Waals surface area contributed by atoms with Crippen LogP contribution in [-0.2, 0) is 6.54 Å². The number of benzene rings is 2. The van der Waals surface area contributed by atoms with Crippen LogP contribution in [0.5, 0.6) is 0 Å². The van der Waals surface area contributed by atoms with Crippen LogP contribution < -0.4 is 0 Å². The molecule has 4 rings (SSSR count). The zero-order chi connectivity index (χ0) is 18.8. The summed E-state index contributed by atoms with van der Waals surface area (Å²) in [6.45, 7) is 2.99. The van der Waals surface area contributed by atoms with E-state index in [2.05, 4.69) is 27.2 Å². The van der Waals surface area contributed by atoms with Gasteiger partial charge < -0.3 is 0 Å². The Labute approximate surface area is 174 Å². The SMILES string of the molecule is Clc1ccc(-c2cn[nH]c2C2CCN(Cc3ccc(Cl)c(Cl)c3)CC2)cc1. The van der Waals surface area contributed by atoms with Gasteiger partial charge in [-0.05, 0) is 61.3 Å². The third kappa shape index (κ3) is 4.33. The van der Waals surface area contributed by atoms with Crippen molar-refractivity contribution < 1.29 is 0 Å². The number of likely N-dealkylation sites (tertiary alicyclic amines) is 1. The first kappa shape index (κ1) is 18.8. The Morgan fingerprint density at radius 3 is 2.41 bits per heavy atom. The van der Waals surface area contributed by atoms with Gasteiger partial charge >= 0.3 is 0 Å². The predicted octanol–water partition coefficient (Wildman–Crippen LogP) is 6.42. The zero-order valence-corrected chi connectivity index (χ0v) is 17.0. The van der Waals surface area contributed by atoms with Crippen LogP contribution in [0.1, 0.15) is 30.0 Å². The fourth-order valence-electron chi connectivity index (χ4n) is 3.74. The zero-order valence-electron chi connectivity index (χ0n) is 14.8. The molecule has 2 heterocycles. The van der Waals surface area contributed by atoms with E-state index in [0.717, 1.165) is 43.1 Å². The van der Waals surface area contributed by atoms with Crippen molar-refractivity contribution in [3.8, 4) is 11.1 Å². The van der Waals surface area contributed by atoms with Crippen LogP contribution >= 0.6 is 34.8 Å². The van der Waals surface area contributed by atoms with Crippen LogP contribution in [0.25, 0.3) is 11.1 Å². The van der Waals surface area contributed by atoms with Gasteiger partial charge in [-0.25, -0.2) is 0 Å². The van der Waals surface area contributed by atoms with Gasteiger partial charge in [0.1, 0.15) is 0 Å². The number of rotatable bonds is 4. The van der Waals surface area contributed by atoms with Gasteiger partial charge in [-0.2, -0.15) is 5.10 Å². The Kier molecular flexibility index (Phi) is 5.74. The maximum absolute atomic E-state index is 6.14. The van der Waals surface area contributed by atoms with Gasteiger partial charge in [0.15, 0.2) is 0 Å². The van der Waals surface area contributed by atoms with E-state index >= 15 is 0 Å². The van der Waals surface area contributed by atoms with E-state index in [0.29, 0.717) is 16.0 Å². The summed E-state index contributed by atoms with van der Waals surface area (Å²) in [4.78, 5) is 2.47. The quantitative estimate of drug-likeness (QED) is 0.528. The third-order valence-electron chi connectivity index (χ3n) is 5.21. The highest BCUT2D eigenvalue weighted by atomic mass is 35.5. The van der Waals surface area contributed by atoms with Gasteiger partial charge in [0.05, 0.1) is 16.2 Å². The van der Waals surface area contributed by atoms with Crippen molar-refractivity contribution in [2.24, 2.45) is 0 Å². The molecule has 0 aliphatic carbocycles. The van der Waals surface area contributed by atoms with Crippen LogP contribution in [0.4, 0.5) is 0 Å². The number of nitrogens with one attached hydrogen (secondary N) is 1. The largest absolute Gasteiger partial charge is 0.299 e. The van der Waals surface area contributed by atoms with E-state index < -0.39 is 0 Å². The summed E-state index contributed by atoms with van der Waals surface area (Å²) in [5.41, 5.74) is 4.76. The topological polar surface area (TPSA) is 31.9 Å². The highest BCUT2D eigenvalue weighted by Crippen LogP contribution is 2.34. The van der Waals surface area contributed by atoms with Gasteiger partial charge in [-0.1, -0.05) is 53.0 Å². The van der Waals surface area contributed by atoms with Crippen molar-refractivity contribution >= 4 is 34.8 Å². The molecule has 1 aliphatic rings. The number of halogens is 3. The van der Waals surface area contributed by atoms with Crippen LogP contribution in [0, 0.1) is 0 Å². The molecule has 0 bridgehead atoms. The maximum Gasteiger partial charge on any atom is 0.0595 e. The molecule has 140 valence electrons. The van der Waals surface area contributed by atoms with E-state index in [9.17, 15) is 0 Å². The van der Waals surface area contributed by atoms with Crippen molar-refractivity contribution in [1.29, 1.82) is 0 Å². The van der Waals surface area contributed by atoms with Crippen molar-refractivity contribution in [2.75, 3.05) is 13.1 Å². The summed E-state index contributed by atoms with van der Waals surface area (Å²) in [6, 6.07) is 13.8. The molecule has 0 unspecified atom stereocenters. The summed E-state index contributed by atoms with van der Waals surface area (Å²) < 4.78 is 0. The molecule has 1 aliphatic heterocycles. The predicted molar refractivity (Wildman–Crippen MR) is 113 cm³/mol. The number of hydrogen-bond donors (Lipinski definition) is 1. The molecule has 3 nitrogen and oxygen atoms in total. The summed E-state index contributed by atoms with van der Waals surface area (Å²) >= 11 is 18.2. The first-order valence-electron chi connectivity index (χ1n) is 9.05. The molecule has 27 heavy (non-hydrogen) atoms. The smallest absolute Gasteiger partial charge is 0.0595 e. The second kappa shape index (κ2) is 8.24. The lowest BCUT2D eigenvalue weighted by atomic mass is 9.89. The van der Waals surface area contributed by atoms with Gasteiger partial charge in [-0.15, -0.1) is 0 Å². The summed E-state index contributed by atoms with van der Waals surface area (Å²) in [5.74, 6) is 0.489. The van der Waals surface area contributed by atoms with Crippen molar-refractivity contribution in [2.45, 2.75) is 25.3 Å². The van der Waals surface area contributed by atoms with Crippen molar-refractivity contribution in [3.63, 3.8) is 0 Å². The highest BCUT2D eigenvalue weighted by molar-refractivity contribution is 6.42. The van der Waals surface area contributed by atoms with Crippen LogP contribution in [0.15, 0.2) is 48.7 Å². The van der Waals surface area contributed by atoms with Gasteiger partial charge in [0.2, 0.25) is 0 Å². The van der Waals surface area contributed by atoms with E-state index in [4.69, 9.17) is 34.8 Å². The molecule has 6 heteroatoms. The fourth-order valence-corrected chi connectivity index (χ4v) is 4.19. The molecule has 0 saturated carbocycles. The number of hydrogen-bond acceptors (Lipinski definition) is 2. The number of H-pyrrole nitrogens is 1. The molecule has 1 aromatic heterocycles. The van der Waals surface area contributed by atoms with Crippen LogP contribution in [-0.4, -0.2) is 28.2 Å². The number of nitrogens with zero attached hydrogens (tertiary/aromatic N) is 2. The first-order chi connectivity index (χ1) is 13.1. The van der Waals surface area contributed by atoms with E-state index in [-0.39, 0.29) is 0 Å². The second-order valence-electron chi connectivity index (χ2n) is 7.00. The molecule has 0 amide bonds. The minimum absolute atomic E-state index is 0.489. The monoisotopic (exact) mass is 419 g/mol. The van der Waals surface area contributed by atoms with Crippen LogP contribution in [0.2, 0.25) is 15.1 Å². The lowest BCUT2D eigenvalue weighted by Crippen LogP contribution is -2.32. The van der Waals surface area contributed by atoms with E-state index in [1.807, 2.05) is 36.5 Å².